The summed E-state index contributed by atoms with van der Waals surface area (Å²) in [7, 11) is 0. The Kier molecular flexibility index (Phi) is 7.59. The SMILES string of the molecule is CC(=O)Nc1ccc(-c2ccnc(Nc3cccc(N4CCN(C(=O)Cc5ccccc5)CC4)c3)n2)cc1. The molecule has 0 radical (unpaired) electrons. The van der Waals surface area contributed by atoms with Crippen LogP contribution in [-0.4, -0.2) is 52.9 Å². The maximum atomic E-state index is 12.7. The molecule has 1 saturated heterocycles. The Labute approximate surface area is 222 Å². The Balaban J connectivity index is 1.20. The molecule has 0 bridgehead atoms. The Morgan fingerprint density at radius 2 is 1.61 bits per heavy atom. The number of nitrogens with zero attached hydrogens (tertiary/aromatic N) is 4. The van der Waals surface area contributed by atoms with E-state index in [1.165, 1.54) is 6.92 Å². The zero-order valence-electron chi connectivity index (χ0n) is 21.3. The van der Waals surface area contributed by atoms with Crippen molar-refractivity contribution in [3.05, 3.63) is 96.7 Å². The van der Waals surface area contributed by atoms with Crippen molar-refractivity contribution in [1.82, 2.24) is 14.9 Å². The van der Waals surface area contributed by atoms with Crippen LogP contribution >= 0.6 is 0 Å². The number of carbonyl (C=O) groups excluding carboxylic acids is 2. The van der Waals surface area contributed by atoms with Crippen molar-refractivity contribution in [1.29, 1.82) is 0 Å². The highest BCUT2D eigenvalue weighted by Gasteiger charge is 2.21. The number of anilines is 4. The Bertz CT molecular complexity index is 1400. The highest BCUT2D eigenvalue weighted by atomic mass is 16.2. The summed E-state index contributed by atoms with van der Waals surface area (Å²) in [5, 5.41) is 6.08. The van der Waals surface area contributed by atoms with E-state index in [9.17, 15) is 9.59 Å². The van der Waals surface area contributed by atoms with Gasteiger partial charge in [0.25, 0.3) is 0 Å². The first kappa shape index (κ1) is 25.0. The van der Waals surface area contributed by atoms with Crippen molar-refractivity contribution in [2.45, 2.75) is 13.3 Å². The van der Waals surface area contributed by atoms with E-state index in [1.54, 1.807) is 6.20 Å². The van der Waals surface area contributed by atoms with Gasteiger partial charge in [0, 0.05) is 61.9 Å². The van der Waals surface area contributed by atoms with Crippen LogP contribution in [0.2, 0.25) is 0 Å². The number of hydrogen-bond acceptors (Lipinski definition) is 6. The van der Waals surface area contributed by atoms with Crippen LogP contribution in [0.25, 0.3) is 11.3 Å². The number of piperazine rings is 1. The molecule has 0 aliphatic carbocycles. The Hall–Kier alpha value is -4.72. The number of hydrogen-bond donors (Lipinski definition) is 2. The molecule has 1 aliphatic heterocycles. The van der Waals surface area contributed by atoms with Crippen molar-refractivity contribution in [2.75, 3.05) is 41.7 Å². The molecule has 0 atom stereocenters. The zero-order valence-corrected chi connectivity index (χ0v) is 21.3. The van der Waals surface area contributed by atoms with Gasteiger partial charge < -0.3 is 20.4 Å². The summed E-state index contributed by atoms with van der Waals surface area (Å²) < 4.78 is 0. The van der Waals surface area contributed by atoms with Gasteiger partial charge in [-0.05, 0) is 42.0 Å². The van der Waals surface area contributed by atoms with Gasteiger partial charge in [-0.15, -0.1) is 0 Å². The lowest BCUT2D eigenvalue weighted by Gasteiger charge is -2.36. The van der Waals surface area contributed by atoms with Crippen LogP contribution in [0, 0.1) is 0 Å². The maximum absolute atomic E-state index is 12.7. The zero-order chi connectivity index (χ0) is 26.3. The highest BCUT2D eigenvalue weighted by Crippen LogP contribution is 2.25. The highest BCUT2D eigenvalue weighted by molar-refractivity contribution is 5.89. The second-order valence-electron chi connectivity index (χ2n) is 9.23. The topological polar surface area (TPSA) is 90.5 Å². The summed E-state index contributed by atoms with van der Waals surface area (Å²) in [6.45, 7) is 4.46. The predicted molar refractivity (Wildman–Crippen MR) is 150 cm³/mol. The van der Waals surface area contributed by atoms with Crippen LogP contribution in [-0.2, 0) is 16.0 Å². The van der Waals surface area contributed by atoms with Crippen LogP contribution < -0.4 is 15.5 Å². The van der Waals surface area contributed by atoms with Gasteiger partial charge in [-0.3, -0.25) is 9.59 Å². The molecule has 2 heterocycles. The van der Waals surface area contributed by atoms with Crippen molar-refractivity contribution in [2.24, 2.45) is 0 Å². The monoisotopic (exact) mass is 506 g/mol. The van der Waals surface area contributed by atoms with E-state index in [0.29, 0.717) is 25.5 Å². The number of amides is 2. The van der Waals surface area contributed by atoms with E-state index < -0.39 is 0 Å². The minimum absolute atomic E-state index is 0.105. The summed E-state index contributed by atoms with van der Waals surface area (Å²) in [6, 6.07) is 27.5. The summed E-state index contributed by atoms with van der Waals surface area (Å²) in [5.74, 6) is 0.571. The smallest absolute Gasteiger partial charge is 0.227 e. The van der Waals surface area contributed by atoms with Crippen LogP contribution in [0.3, 0.4) is 0 Å². The predicted octanol–water partition coefficient (Wildman–Crippen LogP) is 4.74. The van der Waals surface area contributed by atoms with Gasteiger partial charge >= 0.3 is 0 Å². The van der Waals surface area contributed by atoms with E-state index in [-0.39, 0.29) is 11.8 Å². The molecule has 0 spiro atoms. The van der Waals surface area contributed by atoms with Gasteiger partial charge in [0.1, 0.15) is 0 Å². The summed E-state index contributed by atoms with van der Waals surface area (Å²) >= 11 is 0. The first-order valence-corrected chi connectivity index (χ1v) is 12.7. The Morgan fingerprint density at radius 3 is 2.34 bits per heavy atom. The first-order valence-electron chi connectivity index (χ1n) is 12.7. The number of carbonyl (C=O) groups is 2. The molecule has 8 nitrogen and oxygen atoms in total. The van der Waals surface area contributed by atoms with Gasteiger partial charge in [-0.2, -0.15) is 0 Å². The molecule has 1 fully saturated rings. The van der Waals surface area contributed by atoms with Gasteiger partial charge in [-0.1, -0.05) is 48.5 Å². The summed E-state index contributed by atoms with van der Waals surface area (Å²) in [6.07, 6.45) is 2.17. The maximum Gasteiger partial charge on any atom is 0.227 e. The van der Waals surface area contributed by atoms with Crippen molar-refractivity contribution < 1.29 is 9.59 Å². The first-order chi connectivity index (χ1) is 18.5. The van der Waals surface area contributed by atoms with Gasteiger partial charge in [0.05, 0.1) is 12.1 Å². The molecule has 8 heteroatoms. The van der Waals surface area contributed by atoms with Crippen LogP contribution in [0.5, 0.6) is 0 Å². The lowest BCUT2D eigenvalue weighted by Crippen LogP contribution is -2.49. The van der Waals surface area contributed by atoms with Gasteiger partial charge in [0.15, 0.2) is 0 Å². The van der Waals surface area contributed by atoms with E-state index in [1.807, 2.05) is 77.7 Å². The number of aromatic nitrogens is 2. The molecule has 0 saturated carbocycles. The lowest BCUT2D eigenvalue weighted by atomic mass is 10.1. The molecule has 2 amide bonds. The summed E-state index contributed by atoms with van der Waals surface area (Å²) in [5.41, 5.74) is 5.49. The molecule has 3 aromatic carbocycles. The fraction of sp³-hybridized carbons (Fsp3) is 0.200. The fourth-order valence-corrected chi connectivity index (χ4v) is 4.51. The molecule has 1 aromatic heterocycles. The second kappa shape index (κ2) is 11.6. The quantitative estimate of drug-likeness (QED) is 0.376. The van der Waals surface area contributed by atoms with E-state index in [4.69, 9.17) is 0 Å². The second-order valence-corrected chi connectivity index (χ2v) is 9.23. The van der Waals surface area contributed by atoms with Crippen molar-refractivity contribution in [3.63, 3.8) is 0 Å². The molecule has 2 N–H and O–H groups in total. The number of rotatable bonds is 7. The molecular weight excluding hydrogens is 476 g/mol. The lowest BCUT2D eigenvalue weighted by molar-refractivity contribution is -0.130. The van der Waals surface area contributed by atoms with Crippen molar-refractivity contribution in [3.8, 4) is 11.3 Å². The third kappa shape index (κ3) is 6.34. The molecule has 4 aromatic rings. The summed E-state index contributed by atoms with van der Waals surface area (Å²) in [4.78, 5) is 37.3. The minimum atomic E-state index is -0.105. The largest absolute Gasteiger partial charge is 0.368 e. The molecular formula is C30H30N6O2. The van der Waals surface area contributed by atoms with Crippen LogP contribution in [0.4, 0.5) is 23.0 Å². The van der Waals surface area contributed by atoms with Gasteiger partial charge in [-0.25, -0.2) is 9.97 Å². The van der Waals surface area contributed by atoms with Gasteiger partial charge in [0.2, 0.25) is 17.8 Å². The molecule has 1 aliphatic rings. The van der Waals surface area contributed by atoms with E-state index in [0.717, 1.165) is 47.0 Å². The molecule has 0 unspecified atom stereocenters. The molecule has 38 heavy (non-hydrogen) atoms. The number of benzene rings is 3. The average molecular weight is 507 g/mol. The van der Waals surface area contributed by atoms with Crippen molar-refractivity contribution >= 4 is 34.8 Å². The third-order valence-corrected chi connectivity index (χ3v) is 6.45. The van der Waals surface area contributed by atoms with E-state index >= 15 is 0 Å². The molecule has 192 valence electrons. The Morgan fingerprint density at radius 1 is 0.842 bits per heavy atom. The normalized spacial score (nSPS) is 13.2. The third-order valence-electron chi connectivity index (χ3n) is 6.45. The molecule has 5 rings (SSSR count). The van der Waals surface area contributed by atoms with Crippen LogP contribution in [0.15, 0.2) is 91.1 Å². The minimum Gasteiger partial charge on any atom is -0.368 e. The van der Waals surface area contributed by atoms with Crippen LogP contribution in [0.1, 0.15) is 12.5 Å². The average Bonchev–Trinajstić information content (AvgIpc) is 2.94. The van der Waals surface area contributed by atoms with E-state index in [2.05, 4.69) is 37.6 Å². The standard InChI is InChI=1S/C30H30N6O2/c1-22(37)32-25-12-10-24(11-13-25)28-14-15-31-30(34-28)33-26-8-5-9-27(21-26)35-16-18-36(19-17-35)29(38)20-23-6-3-2-4-7-23/h2-15,21H,16-20H2,1H3,(H,32,37)(H,31,33,34). The number of nitrogens with one attached hydrogen (secondary N) is 2. The fourth-order valence-electron chi connectivity index (χ4n) is 4.51.